The van der Waals surface area contributed by atoms with Crippen LogP contribution in [0.3, 0.4) is 0 Å². The Morgan fingerprint density at radius 1 is 1.20 bits per heavy atom. The molecule has 1 aromatic rings. The highest BCUT2D eigenvalue weighted by atomic mass is 16.2. The van der Waals surface area contributed by atoms with Crippen LogP contribution in [0.25, 0.3) is 0 Å². The Bertz CT molecular complexity index is 332. The molecule has 1 amide bonds. The molecule has 0 atom stereocenters. The Balaban J connectivity index is 2.65. The molecule has 2 N–H and O–H groups in total. The van der Waals surface area contributed by atoms with Gasteiger partial charge in [-0.1, -0.05) is 0 Å². The van der Waals surface area contributed by atoms with Gasteiger partial charge in [0, 0.05) is 32.5 Å². The van der Waals surface area contributed by atoms with Crippen LogP contribution >= 0.6 is 0 Å². The zero-order valence-electron chi connectivity index (χ0n) is 9.40. The van der Waals surface area contributed by atoms with E-state index in [0.717, 1.165) is 11.4 Å². The largest absolute Gasteiger partial charge is 0.399 e. The summed E-state index contributed by atoms with van der Waals surface area (Å²) in [5, 5.41) is 0. The summed E-state index contributed by atoms with van der Waals surface area (Å²) in [6, 6.07) is 7.45. The number of carbonyl (C=O) groups excluding carboxylic acids is 1. The molecule has 0 saturated carbocycles. The third-order valence-corrected chi connectivity index (χ3v) is 2.21. The monoisotopic (exact) mass is 207 g/mol. The molecular weight excluding hydrogens is 190 g/mol. The second-order valence-corrected chi connectivity index (χ2v) is 3.74. The molecule has 0 bridgehead atoms. The lowest BCUT2D eigenvalue weighted by atomic mass is 10.2. The van der Waals surface area contributed by atoms with Gasteiger partial charge in [-0.25, -0.2) is 0 Å². The van der Waals surface area contributed by atoms with Crippen LogP contribution in [0.1, 0.15) is 0 Å². The van der Waals surface area contributed by atoms with Gasteiger partial charge in [0.05, 0.1) is 6.54 Å². The molecule has 0 radical (unpaired) electrons. The van der Waals surface area contributed by atoms with Gasteiger partial charge in [-0.05, 0) is 24.3 Å². The molecular formula is C11H17N3O. The molecule has 0 aliphatic rings. The van der Waals surface area contributed by atoms with E-state index in [1.165, 1.54) is 0 Å². The third-order valence-electron chi connectivity index (χ3n) is 2.21. The van der Waals surface area contributed by atoms with Gasteiger partial charge in [-0.2, -0.15) is 0 Å². The van der Waals surface area contributed by atoms with Crippen LogP contribution in [0.4, 0.5) is 11.4 Å². The molecule has 0 aliphatic heterocycles. The third kappa shape index (κ3) is 3.16. The summed E-state index contributed by atoms with van der Waals surface area (Å²) in [6.45, 7) is 0.372. The lowest BCUT2D eigenvalue weighted by molar-refractivity contribution is -0.127. The Morgan fingerprint density at radius 2 is 1.73 bits per heavy atom. The van der Waals surface area contributed by atoms with Crippen LogP contribution in [0.15, 0.2) is 24.3 Å². The van der Waals surface area contributed by atoms with Crippen molar-refractivity contribution in [2.75, 3.05) is 38.3 Å². The Kier molecular flexibility index (Phi) is 3.55. The predicted molar refractivity (Wildman–Crippen MR) is 62.8 cm³/mol. The molecule has 0 fully saturated rings. The SMILES string of the molecule is CN(C)C(=O)CN(C)c1ccc(N)cc1. The van der Waals surface area contributed by atoms with Crippen molar-refractivity contribution < 1.29 is 4.79 Å². The summed E-state index contributed by atoms with van der Waals surface area (Å²) in [4.78, 5) is 14.9. The molecule has 4 nitrogen and oxygen atoms in total. The summed E-state index contributed by atoms with van der Waals surface area (Å²) in [5.74, 6) is 0.0781. The molecule has 0 aliphatic carbocycles. The van der Waals surface area contributed by atoms with Crippen LogP contribution in [-0.2, 0) is 4.79 Å². The highest BCUT2D eigenvalue weighted by molar-refractivity contribution is 5.80. The average molecular weight is 207 g/mol. The number of benzene rings is 1. The number of hydrogen-bond donors (Lipinski definition) is 1. The van der Waals surface area contributed by atoms with E-state index in [1.807, 2.05) is 36.2 Å². The van der Waals surface area contributed by atoms with Crippen molar-refractivity contribution in [2.45, 2.75) is 0 Å². The molecule has 82 valence electrons. The van der Waals surface area contributed by atoms with E-state index in [-0.39, 0.29) is 5.91 Å². The molecule has 0 unspecified atom stereocenters. The predicted octanol–water partition coefficient (Wildman–Crippen LogP) is 0.793. The zero-order valence-corrected chi connectivity index (χ0v) is 9.40. The van der Waals surface area contributed by atoms with Gasteiger partial charge in [0.1, 0.15) is 0 Å². The van der Waals surface area contributed by atoms with Gasteiger partial charge in [-0.15, -0.1) is 0 Å². The van der Waals surface area contributed by atoms with Crippen molar-refractivity contribution in [3.8, 4) is 0 Å². The normalized spacial score (nSPS) is 9.80. The number of nitrogens with two attached hydrogens (primary N) is 1. The summed E-state index contributed by atoms with van der Waals surface area (Å²) in [7, 11) is 5.38. The van der Waals surface area contributed by atoms with Crippen molar-refractivity contribution in [1.29, 1.82) is 0 Å². The average Bonchev–Trinajstić information content (AvgIpc) is 2.18. The van der Waals surface area contributed by atoms with E-state index in [0.29, 0.717) is 6.54 Å². The number of likely N-dealkylation sites (N-methyl/N-ethyl adjacent to an activating group) is 2. The molecule has 15 heavy (non-hydrogen) atoms. The minimum atomic E-state index is 0.0781. The highest BCUT2D eigenvalue weighted by Crippen LogP contribution is 2.14. The van der Waals surface area contributed by atoms with Gasteiger partial charge >= 0.3 is 0 Å². The van der Waals surface area contributed by atoms with Crippen LogP contribution < -0.4 is 10.6 Å². The van der Waals surface area contributed by atoms with Gasteiger partial charge in [0.15, 0.2) is 0 Å². The fourth-order valence-corrected chi connectivity index (χ4v) is 1.16. The van der Waals surface area contributed by atoms with E-state index in [1.54, 1.807) is 19.0 Å². The van der Waals surface area contributed by atoms with Crippen LogP contribution in [0.5, 0.6) is 0 Å². The fourth-order valence-electron chi connectivity index (χ4n) is 1.16. The maximum atomic E-state index is 11.5. The Morgan fingerprint density at radius 3 is 2.20 bits per heavy atom. The van der Waals surface area contributed by atoms with Gasteiger partial charge in [-0.3, -0.25) is 4.79 Å². The van der Waals surface area contributed by atoms with E-state index in [9.17, 15) is 4.79 Å². The minimum absolute atomic E-state index is 0.0781. The Labute approximate surface area is 90.3 Å². The molecule has 1 aromatic carbocycles. The van der Waals surface area contributed by atoms with Crippen LogP contribution in [0.2, 0.25) is 0 Å². The molecule has 0 spiro atoms. The summed E-state index contributed by atoms with van der Waals surface area (Å²) < 4.78 is 0. The number of anilines is 2. The molecule has 0 aromatic heterocycles. The summed E-state index contributed by atoms with van der Waals surface area (Å²) in [6.07, 6.45) is 0. The second kappa shape index (κ2) is 4.68. The number of nitrogen functional groups attached to an aromatic ring is 1. The van der Waals surface area contributed by atoms with Gasteiger partial charge in [0.25, 0.3) is 0 Å². The zero-order chi connectivity index (χ0) is 11.4. The number of rotatable bonds is 3. The van der Waals surface area contributed by atoms with Gasteiger partial charge in [0.2, 0.25) is 5.91 Å². The lowest BCUT2D eigenvalue weighted by Gasteiger charge is -2.21. The second-order valence-electron chi connectivity index (χ2n) is 3.74. The molecule has 0 saturated heterocycles. The van der Waals surface area contributed by atoms with E-state index < -0.39 is 0 Å². The van der Waals surface area contributed by atoms with E-state index in [4.69, 9.17) is 5.73 Å². The number of hydrogen-bond acceptors (Lipinski definition) is 3. The highest BCUT2D eigenvalue weighted by Gasteiger charge is 2.08. The van der Waals surface area contributed by atoms with E-state index >= 15 is 0 Å². The number of carbonyl (C=O) groups is 1. The van der Waals surface area contributed by atoms with Crippen molar-refractivity contribution in [1.82, 2.24) is 4.90 Å². The van der Waals surface area contributed by atoms with E-state index in [2.05, 4.69) is 0 Å². The number of amides is 1. The van der Waals surface area contributed by atoms with Crippen molar-refractivity contribution >= 4 is 17.3 Å². The molecule has 4 heteroatoms. The lowest BCUT2D eigenvalue weighted by Crippen LogP contribution is -2.34. The van der Waals surface area contributed by atoms with Crippen molar-refractivity contribution in [2.24, 2.45) is 0 Å². The first-order valence-electron chi connectivity index (χ1n) is 4.77. The quantitative estimate of drug-likeness (QED) is 0.746. The van der Waals surface area contributed by atoms with Crippen LogP contribution in [-0.4, -0.2) is 38.5 Å². The Hall–Kier alpha value is -1.71. The van der Waals surface area contributed by atoms with Crippen molar-refractivity contribution in [3.63, 3.8) is 0 Å². The van der Waals surface area contributed by atoms with Gasteiger partial charge < -0.3 is 15.5 Å². The number of nitrogens with zero attached hydrogens (tertiary/aromatic N) is 2. The maximum absolute atomic E-state index is 11.5. The van der Waals surface area contributed by atoms with Crippen LogP contribution in [0, 0.1) is 0 Å². The fraction of sp³-hybridized carbons (Fsp3) is 0.364. The first kappa shape index (κ1) is 11.4. The first-order valence-corrected chi connectivity index (χ1v) is 4.77. The molecule has 1 rings (SSSR count). The minimum Gasteiger partial charge on any atom is -0.399 e. The summed E-state index contributed by atoms with van der Waals surface area (Å²) in [5.41, 5.74) is 7.30. The summed E-state index contributed by atoms with van der Waals surface area (Å²) >= 11 is 0. The first-order chi connectivity index (χ1) is 7.00. The standard InChI is InChI=1S/C11H17N3O/c1-13(2)11(15)8-14(3)10-6-4-9(12)5-7-10/h4-7H,8,12H2,1-3H3. The maximum Gasteiger partial charge on any atom is 0.241 e. The smallest absolute Gasteiger partial charge is 0.241 e. The topological polar surface area (TPSA) is 49.6 Å². The van der Waals surface area contributed by atoms with Crippen molar-refractivity contribution in [3.05, 3.63) is 24.3 Å². The molecule has 0 heterocycles.